The van der Waals surface area contributed by atoms with Crippen LogP contribution in [0.5, 0.6) is 17.2 Å². The zero-order valence-electron chi connectivity index (χ0n) is 15.3. The summed E-state index contributed by atoms with van der Waals surface area (Å²) < 4.78 is 47.2. The maximum Gasteiger partial charge on any atom is 0.340 e. The summed E-state index contributed by atoms with van der Waals surface area (Å²) in [6, 6.07) is 2.58. The second-order valence-corrected chi connectivity index (χ2v) is 5.67. The molecule has 150 valence electrons. The second kappa shape index (κ2) is 8.75. The molecule has 1 amide bonds. The van der Waals surface area contributed by atoms with E-state index in [4.69, 9.17) is 30.5 Å². The zero-order chi connectivity index (χ0) is 21.0. The lowest BCUT2D eigenvalue weighted by Crippen LogP contribution is -2.18. The maximum atomic E-state index is 13.5. The fourth-order valence-electron chi connectivity index (χ4n) is 2.43. The highest BCUT2D eigenvalue weighted by atomic mass is 35.5. The van der Waals surface area contributed by atoms with Gasteiger partial charge in [0.2, 0.25) is 5.75 Å². The van der Waals surface area contributed by atoms with Crippen LogP contribution in [0.25, 0.3) is 0 Å². The van der Waals surface area contributed by atoms with Crippen LogP contribution in [0.2, 0.25) is 5.02 Å². The quantitative estimate of drug-likeness (QED) is 0.572. The van der Waals surface area contributed by atoms with Crippen LogP contribution in [0.3, 0.4) is 0 Å². The first-order chi connectivity index (χ1) is 13.3. The van der Waals surface area contributed by atoms with Gasteiger partial charge < -0.3 is 24.3 Å². The van der Waals surface area contributed by atoms with Gasteiger partial charge in [-0.05, 0) is 12.1 Å². The monoisotopic (exact) mass is 415 g/mol. The third-order valence-corrected chi connectivity index (χ3v) is 4.04. The Morgan fingerprint density at radius 1 is 0.893 bits per heavy atom. The number of hydrogen-bond acceptors (Lipinski definition) is 6. The van der Waals surface area contributed by atoms with E-state index in [1.54, 1.807) is 0 Å². The lowest BCUT2D eigenvalue weighted by atomic mass is 10.1. The van der Waals surface area contributed by atoms with Crippen LogP contribution in [0.4, 0.5) is 14.5 Å². The normalized spacial score (nSPS) is 10.2. The Balaban J connectivity index is 2.64. The molecule has 0 saturated heterocycles. The van der Waals surface area contributed by atoms with Gasteiger partial charge in [-0.1, -0.05) is 11.6 Å². The summed E-state index contributed by atoms with van der Waals surface area (Å²) in [6.07, 6.45) is 0. The molecule has 2 rings (SSSR count). The first-order valence-corrected chi connectivity index (χ1v) is 8.03. The van der Waals surface area contributed by atoms with Gasteiger partial charge in [-0.15, -0.1) is 0 Å². The van der Waals surface area contributed by atoms with E-state index in [1.165, 1.54) is 27.4 Å². The molecule has 0 aliphatic rings. The van der Waals surface area contributed by atoms with Crippen molar-refractivity contribution in [2.45, 2.75) is 0 Å². The summed E-state index contributed by atoms with van der Waals surface area (Å²) in [6.45, 7) is 0. The summed E-state index contributed by atoms with van der Waals surface area (Å²) in [5.74, 6) is -4.02. The van der Waals surface area contributed by atoms with E-state index in [0.29, 0.717) is 12.1 Å². The summed E-state index contributed by atoms with van der Waals surface area (Å²) in [7, 11) is 5.09. The van der Waals surface area contributed by atoms with E-state index < -0.39 is 23.5 Å². The van der Waals surface area contributed by atoms with Crippen LogP contribution in [-0.2, 0) is 4.74 Å². The molecule has 0 radical (unpaired) electrons. The summed E-state index contributed by atoms with van der Waals surface area (Å²) in [4.78, 5) is 24.8. The molecule has 2 aromatic carbocycles. The highest BCUT2D eigenvalue weighted by Crippen LogP contribution is 2.45. The van der Waals surface area contributed by atoms with Crippen LogP contribution in [0.15, 0.2) is 18.2 Å². The Bertz CT molecular complexity index is 935. The highest BCUT2D eigenvalue weighted by Gasteiger charge is 2.27. The topological polar surface area (TPSA) is 83.1 Å². The fraction of sp³-hybridized carbons (Fsp3) is 0.222. The van der Waals surface area contributed by atoms with Crippen molar-refractivity contribution in [1.82, 2.24) is 0 Å². The summed E-state index contributed by atoms with van der Waals surface area (Å²) >= 11 is 5.84. The first kappa shape index (κ1) is 21.2. The molecule has 0 heterocycles. The third-order valence-electron chi connectivity index (χ3n) is 3.73. The average molecular weight is 416 g/mol. The van der Waals surface area contributed by atoms with Gasteiger partial charge in [-0.25, -0.2) is 13.6 Å². The van der Waals surface area contributed by atoms with Crippen molar-refractivity contribution in [3.05, 3.63) is 46.0 Å². The number of amides is 1. The molecule has 28 heavy (non-hydrogen) atoms. The van der Waals surface area contributed by atoms with Gasteiger partial charge >= 0.3 is 5.97 Å². The third kappa shape index (κ3) is 3.94. The molecule has 7 nitrogen and oxygen atoms in total. The van der Waals surface area contributed by atoms with Crippen LogP contribution >= 0.6 is 11.6 Å². The predicted molar refractivity (Wildman–Crippen MR) is 96.8 cm³/mol. The molecule has 0 fully saturated rings. The number of carbonyl (C=O) groups is 2. The van der Waals surface area contributed by atoms with E-state index in [0.717, 1.165) is 7.11 Å². The van der Waals surface area contributed by atoms with Crippen molar-refractivity contribution in [1.29, 1.82) is 0 Å². The van der Waals surface area contributed by atoms with Crippen LogP contribution in [-0.4, -0.2) is 40.3 Å². The van der Waals surface area contributed by atoms with Gasteiger partial charge in [-0.3, -0.25) is 4.79 Å². The van der Waals surface area contributed by atoms with Crippen LogP contribution in [0.1, 0.15) is 20.7 Å². The number of halogens is 3. The molecular formula is C18H16ClF2NO6. The number of carbonyl (C=O) groups excluding carboxylic acids is 2. The van der Waals surface area contributed by atoms with Crippen molar-refractivity contribution < 1.29 is 37.3 Å². The van der Waals surface area contributed by atoms with Crippen molar-refractivity contribution in [3.63, 3.8) is 0 Å². The molecular weight excluding hydrogens is 400 g/mol. The minimum Gasteiger partial charge on any atom is -0.493 e. The molecule has 0 spiro atoms. The number of hydrogen-bond donors (Lipinski definition) is 1. The largest absolute Gasteiger partial charge is 0.493 e. The molecule has 1 N–H and O–H groups in total. The van der Waals surface area contributed by atoms with Crippen molar-refractivity contribution >= 4 is 29.2 Å². The first-order valence-electron chi connectivity index (χ1n) is 7.66. The minimum absolute atomic E-state index is 0.0469. The van der Waals surface area contributed by atoms with E-state index >= 15 is 0 Å². The van der Waals surface area contributed by atoms with E-state index in [1.807, 2.05) is 0 Å². The van der Waals surface area contributed by atoms with E-state index in [9.17, 15) is 18.4 Å². The van der Waals surface area contributed by atoms with Gasteiger partial charge in [0.25, 0.3) is 5.91 Å². The van der Waals surface area contributed by atoms with Crippen molar-refractivity contribution in [2.75, 3.05) is 33.8 Å². The Labute approximate surface area is 164 Å². The number of rotatable bonds is 6. The van der Waals surface area contributed by atoms with Crippen LogP contribution in [0, 0.1) is 11.6 Å². The standard InChI is InChI=1S/C18H16ClF2NO6/c1-25-13-6-9(18(24)28-4)14(16(27-3)15(13)26-2)22-17(23)8-5-11(20)12(21)7-10(8)19/h5-7H,1-4H3,(H,22,23). The molecule has 0 bridgehead atoms. The molecule has 0 aliphatic carbocycles. The Morgan fingerprint density at radius 3 is 2.04 bits per heavy atom. The van der Waals surface area contributed by atoms with Gasteiger partial charge in [-0.2, -0.15) is 0 Å². The Kier molecular flexibility index (Phi) is 6.63. The number of anilines is 1. The number of methoxy groups -OCH3 is 4. The smallest absolute Gasteiger partial charge is 0.340 e. The number of esters is 1. The van der Waals surface area contributed by atoms with Crippen molar-refractivity contribution in [3.8, 4) is 17.2 Å². The molecule has 0 saturated carbocycles. The zero-order valence-corrected chi connectivity index (χ0v) is 16.1. The maximum absolute atomic E-state index is 13.5. The summed E-state index contributed by atoms with van der Waals surface area (Å²) in [5, 5.41) is 2.08. The molecule has 0 atom stereocenters. The SMILES string of the molecule is COC(=O)c1cc(OC)c(OC)c(OC)c1NC(=O)c1cc(F)c(F)cc1Cl. The second-order valence-electron chi connectivity index (χ2n) is 5.26. The van der Waals surface area contributed by atoms with Gasteiger partial charge in [0.15, 0.2) is 23.1 Å². The molecule has 2 aromatic rings. The molecule has 0 aliphatic heterocycles. The van der Waals surface area contributed by atoms with Crippen molar-refractivity contribution in [2.24, 2.45) is 0 Å². The fourth-order valence-corrected chi connectivity index (χ4v) is 2.66. The molecule has 10 heteroatoms. The van der Waals surface area contributed by atoms with E-state index in [-0.39, 0.29) is 39.1 Å². The lowest BCUT2D eigenvalue weighted by molar-refractivity contribution is 0.0601. The number of nitrogens with one attached hydrogen (secondary N) is 1. The highest BCUT2D eigenvalue weighted by molar-refractivity contribution is 6.34. The lowest BCUT2D eigenvalue weighted by Gasteiger charge is -2.19. The Morgan fingerprint density at radius 2 is 1.50 bits per heavy atom. The predicted octanol–water partition coefficient (Wildman–Crippen LogP) is 3.68. The Hall–Kier alpha value is -3.07. The number of ether oxygens (including phenoxy) is 4. The molecule has 0 aromatic heterocycles. The van der Waals surface area contributed by atoms with E-state index in [2.05, 4.69) is 5.32 Å². The minimum atomic E-state index is -1.26. The molecule has 0 unspecified atom stereocenters. The summed E-state index contributed by atoms with van der Waals surface area (Å²) in [5.41, 5.74) is -0.602. The van der Waals surface area contributed by atoms with Crippen LogP contribution < -0.4 is 19.5 Å². The van der Waals surface area contributed by atoms with Gasteiger partial charge in [0.05, 0.1) is 44.6 Å². The van der Waals surface area contributed by atoms with Gasteiger partial charge in [0.1, 0.15) is 5.69 Å². The van der Waals surface area contributed by atoms with Gasteiger partial charge in [0, 0.05) is 6.07 Å². The number of benzene rings is 2. The average Bonchev–Trinajstić information content (AvgIpc) is 2.69.